The molecule has 0 atom stereocenters. The lowest BCUT2D eigenvalue weighted by Crippen LogP contribution is -2.28. The predicted molar refractivity (Wildman–Crippen MR) is 65.8 cm³/mol. The Labute approximate surface area is 100 Å². The van der Waals surface area contributed by atoms with Gasteiger partial charge >= 0.3 is 0 Å². The van der Waals surface area contributed by atoms with Gasteiger partial charge in [0, 0.05) is 20.6 Å². The van der Waals surface area contributed by atoms with Crippen LogP contribution in [0, 0.1) is 0 Å². The molecule has 0 aliphatic heterocycles. The summed E-state index contributed by atoms with van der Waals surface area (Å²) in [4.78, 5) is 7.92. The van der Waals surface area contributed by atoms with Crippen LogP contribution in [0.2, 0.25) is 0 Å². The highest BCUT2D eigenvalue weighted by atomic mass is 32.2. The minimum absolute atomic E-state index is 0.0119. The lowest BCUT2D eigenvalue weighted by molar-refractivity contribution is 0.521. The number of nitrogens with zero attached hydrogens (tertiary/aromatic N) is 3. The number of anilines is 2. The van der Waals surface area contributed by atoms with E-state index in [1.807, 2.05) is 0 Å². The molecule has 1 heterocycles. The normalized spacial score (nSPS) is 11.5. The van der Waals surface area contributed by atoms with Gasteiger partial charge < -0.3 is 10.7 Å². The van der Waals surface area contributed by atoms with Crippen LogP contribution in [0.1, 0.15) is 0 Å². The number of aromatic nitrogens is 2. The van der Waals surface area contributed by atoms with Crippen LogP contribution < -0.4 is 16.6 Å². The Balaban J connectivity index is 2.51. The molecule has 4 N–H and O–H groups in total. The van der Waals surface area contributed by atoms with E-state index in [2.05, 4.69) is 20.7 Å². The third kappa shape index (κ3) is 4.13. The molecule has 0 amide bonds. The number of nitrogen functional groups attached to an aromatic ring is 1. The summed E-state index contributed by atoms with van der Waals surface area (Å²) in [5, 5.41) is 2.86. The third-order valence-corrected chi connectivity index (χ3v) is 3.84. The fourth-order valence-corrected chi connectivity index (χ4v) is 1.74. The van der Waals surface area contributed by atoms with Gasteiger partial charge in [-0.1, -0.05) is 0 Å². The van der Waals surface area contributed by atoms with E-state index < -0.39 is 10.0 Å². The average Bonchev–Trinajstić information content (AvgIpc) is 2.29. The van der Waals surface area contributed by atoms with Gasteiger partial charge in [-0.3, -0.25) is 4.98 Å². The minimum Gasteiger partial charge on any atom is -0.368 e. The molecule has 8 nitrogen and oxygen atoms in total. The molecule has 0 aliphatic rings. The van der Waals surface area contributed by atoms with Gasteiger partial charge in [-0.15, -0.1) is 0 Å². The van der Waals surface area contributed by atoms with E-state index in [0.29, 0.717) is 11.6 Å². The van der Waals surface area contributed by atoms with Crippen molar-refractivity contribution >= 4 is 21.7 Å². The summed E-state index contributed by atoms with van der Waals surface area (Å²) in [6.07, 6.45) is 2.95. The zero-order valence-electron chi connectivity index (χ0n) is 9.71. The van der Waals surface area contributed by atoms with Crippen molar-refractivity contribution in [1.82, 2.24) is 14.3 Å². The Hall–Kier alpha value is -1.45. The van der Waals surface area contributed by atoms with Crippen LogP contribution in [0.25, 0.3) is 0 Å². The second-order valence-electron chi connectivity index (χ2n) is 3.46. The van der Waals surface area contributed by atoms with Crippen LogP contribution in [-0.4, -0.2) is 49.1 Å². The van der Waals surface area contributed by atoms with Crippen LogP contribution in [0.15, 0.2) is 12.4 Å². The molecule has 9 heteroatoms. The largest absolute Gasteiger partial charge is 0.368 e. The molecular formula is C8H16N6O2S. The highest BCUT2D eigenvalue weighted by Gasteiger charge is 2.12. The number of hydrazine groups is 1. The molecule has 1 aromatic heterocycles. The second-order valence-corrected chi connectivity index (χ2v) is 5.76. The van der Waals surface area contributed by atoms with Gasteiger partial charge in [0.25, 0.3) is 0 Å². The molecule has 0 aromatic carbocycles. The van der Waals surface area contributed by atoms with Gasteiger partial charge in [-0.2, -0.15) is 0 Å². The maximum Gasteiger partial charge on any atom is 0.215 e. The molecule has 1 aromatic rings. The van der Waals surface area contributed by atoms with E-state index in [1.54, 1.807) is 0 Å². The topological polar surface area (TPSA) is 113 Å². The maximum absolute atomic E-state index is 11.5. The Morgan fingerprint density at radius 3 is 2.59 bits per heavy atom. The van der Waals surface area contributed by atoms with E-state index in [0.717, 1.165) is 0 Å². The van der Waals surface area contributed by atoms with Crippen molar-refractivity contribution in [3.63, 3.8) is 0 Å². The molecule has 0 unspecified atom stereocenters. The Morgan fingerprint density at radius 2 is 2.00 bits per heavy atom. The summed E-state index contributed by atoms with van der Waals surface area (Å²) in [6.45, 7) is 0.253. The summed E-state index contributed by atoms with van der Waals surface area (Å²) < 4.78 is 24.1. The fraction of sp³-hybridized carbons (Fsp3) is 0.500. The van der Waals surface area contributed by atoms with Crippen molar-refractivity contribution in [3.05, 3.63) is 12.4 Å². The van der Waals surface area contributed by atoms with Crippen molar-refractivity contribution in [3.8, 4) is 0 Å². The Morgan fingerprint density at radius 1 is 1.35 bits per heavy atom. The van der Waals surface area contributed by atoms with E-state index in [9.17, 15) is 8.42 Å². The van der Waals surface area contributed by atoms with Crippen LogP contribution >= 0.6 is 0 Å². The molecule has 0 radical (unpaired) electrons. The van der Waals surface area contributed by atoms with Gasteiger partial charge in [-0.05, 0) is 0 Å². The third-order valence-electron chi connectivity index (χ3n) is 2.00. The van der Waals surface area contributed by atoms with Gasteiger partial charge in [0.1, 0.15) is 5.82 Å². The monoisotopic (exact) mass is 260 g/mol. The number of hydrogen-bond donors (Lipinski definition) is 3. The molecule has 0 saturated heterocycles. The van der Waals surface area contributed by atoms with Gasteiger partial charge in [-0.25, -0.2) is 23.5 Å². The lowest BCUT2D eigenvalue weighted by Gasteiger charge is -2.11. The van der Waals surface area contributed by atoms with Crippen molar-refractivity contribution in [1.29, 1.82) is 0 Å². The number of sulfonamides is 1. The fourth-order valence-electron chi connectivity index (χ4n) is 1.01. The summed E-state index contributed by atoms with van der Waals surface area (Å²) >= 11 is 0. The summed E-state index contributed by atoms with van der Waals surface area (Å²) in [5.41, 5.74) is 2.35. The first-order valence-electron chi connectivity index (χ1n) is 4.88. The summed E-state index contributed by atoms with van der Waals surface area (Å²) in [7, 11) is -0.213. The quantitative estimate of drug-likeness (QED) is 0.447. The van der Waals surface area contributed by atoms with Crippen molar-refractivity contribution < 1.29 is 8.42 Å². The lowest BCUT2D eigenvalue weighted by atomic mass is 10.6. The SMILES string of the molecule is CN(C)S(=O)(=O)CCNc1cncc(NN)n1. The number of hydrogen-bond acceptors (Lipinski definition) is 7. The first kappa shape index (κ1) is 13.6. The van der Waals surface area contributed by atoms with Crippen molar-refractivity contribution in [2.75, 3.05) is 37.1 Å². The molecule has 1 rings (SSSR count). The molecule has 0 spiro atoms. The zero-order chi connectivity index (χ0) is 12.9. The maximum atomic E-state index is 11.5. The van der Waals surface area contributed by atoms with Gasteiger partial charge in [0.2, 0.25) is 10.0 Å². The van der Waals surface area contributed by atoms with Crippen LogP contribution in [0.4, 0.5) is 11.6 Å². The number of rotatable bonds is 6. The average molecular weight is 260 g/mol. The zero-order valence-corrected chi connectivity index (χ0v) is 10.5. The Bertz CT molecular complexity index is 461. The van der Waals surface area contributed by atoms with E-state index in [1.165, 1.54) is 30.8 Å². The molecular weight excluding hydrogens is 244 g/mol. The highest BCUT2D eigenvalue weighted by Crippen LogP contribution is 2.04. The molecule has 96 valence electrons. The smallest absolute Gasteiger partial charge is 0.215 e. The van der Waals surface area contributed by atoms with E-state index in [4.69, 9.17) is 5.84 Å². The number of nitrogens with one attached hydrogen (secondary N) is 2. The predicted octanol–water partition coefficient (Wildman–Crippen LogP) is -0.934. The van der Waals surface area contributed by atoms with E-state index in [-0.39, 0.29) is 12.3 Å². The molecule has 0 aliphatic carbocycles. The minimum atomic E-state index is -3.20. The number of nitrogens with two attached hydrogens (primary N) is 1. The first-order chi connectivity index (χ1) is 7.95. The Kier molecular flexibility index (Phi) is 4.61. The second kappa shape index (κ2) is 5.75. The van der Waals surface area contributed by atoms with E-state index >= 15 is 0 Å². The van der Waals surface area contributed by atoms with Crippen molar-refractivity contribution in [2.24, 2.45) is 5.84 Å². The first-order valence-corrected chi connectivity index (χ1v) is 6.49. The molecule has 17 heavy (non-hydrogen) atoms. The van der Waals surface area contributed by atoms with Gasteiger partial charge in [0.05, 0.1) is 18.1 Å². The van der Waals surface area contributed by atoms with Crippen molar-refractivity contribution in [2.45, 2.75) is 0 Å². The standard InChI is InChI=1S/C8H16N6O2S/c1-14(2)17(15,16)4-3-11-7-5-10-6-8(12-7)13-9/h5-6H,3-4,9H2,1-2H3,(H2,11,12,13). The summed E-state index contributed by atoms with van der Waals surface area (Å²) in [5.74, 6) is 6.04. The molecule has 0 bridgehead atoms. The highest BCUT2D eigenvalue weighted by molar-refractivity contribution is 7.89. The van der Waals surface area contributed by atoms with Gasteiger partial charge in [0.15, 0.2) is 5.82 Å². The summed E-state index contributed by atoms with van der Waals surface area (Å²) in [6, 6.07) is 0. The molecule has 0 fully saturated rings. The molecule has 0 saturated carbocycles. The van der Waals surface area contributed by atoms with Crippen LogP contribution in [-0.2, 0) is 10.0 Å². The van der Waals surface area contributed by atoms with Crippen LogP contribution in [0.3, 0.4) is 0 Å². The van der Waals surface area contributed by atoms with Crippen LogP contribution in [0.5, 0.6) is 0 Å².